The van der Waals surface area contributed by atoms with Gasteiger partial charge in [0.05, 0.1) is 11.1 Å². The van der Waals surface area contributed by atoms with Crippen molar-refractivity contribution in [3.63, 3.8) is 0 Å². The maximum absolute atomic E-state index is 14.9. The van der Waals surface area contributed by atoms with Gasteiger partial charge in [0.2, 0.25) is 0 Å². The number of rotatable bonds is 7. The Morgan fingerprint density at radius 3 is 2.62 bits per heavy atom. The van der Waals surface area contributed by atoms with Gasteiger partial charge in [0.1, 0.15) is 24.3 Å². The van der Waals surface area contributed by atoms with Crippen LogP contribution in [0.4, 0.5) is 8.78 Å². The molecule has 8 heteroatoms. The Kier molecular flexibility index (Phi) is 5.91. The summed E-state index contributed by atoms with van der Waals surface area (Å²) in [5.74, 6) is -2.46. The van der Waals surface area contributed by atoms with E-state index in [1.165, 1.54) is 30.3 Å². The SMILES string of the molecule is C[Si](C)(C)CCOCn1ccc2c(F)c(Oc3ccc(O)c(C#N)c3)c(F)cc21. The molecule has 0 aliphatic heterocycles. The van der Waals surface area contributed by atoms with Crippen LogP contribution in [-0.4, -0.2) is 24.4 Å². The summed E-state index contributed by atoms with van der Waals surface area (Å²) in [6.45, 7) is 7.56. The lowest BCUT2D eigenvalue weighted by molar-refractivity contribution is 0.0902. The summed E-state index contributed by atoms with van der Waals surface area (Å²) in [6.07, 6.45) is 1.64. The van der Waals surface area contributed by atoms with Crippen LogP contribution >= 0.6 is 0 Å². The molecular weight excluding hydrogens is 394 g/mol. The molecule has 3 aromatic rings. The largest absolute Gasteiger partial charge is 0.507 e. The summed E-state index contributed by atoms with van der Waals surface area (Å²) in [7, 11) is -1.21. The van der Waals surface area contributed by atoms with Crippen LogP contribution in [0.5, 0.6) is 17.2 Å². The first kappa shape index (κ1) is 20.8. The molecule has 0 saturated heterocycles. The van der Waals surface area contributed by atoms with E-state index in [1.807, 2.05) is 0 Å². The molecule has 1 aromatic heterocycles. The number of benzene rings is 2. The molecule has 0 aliphatic rings. The van der Waals surface area contributed by atoms with Crippen molar-refractivity contribution in [2.45, 2.75) is 32.4 Å². The molecule has 0 spiro atoms. The van der Waals surface area contributed by atoms with E-state index >= 15 is 0 Å². The molecule has 0 unspecified atom stereocenters. The predicted molar refractivity (Wildman–Crippen MR) is 109 cm³/mol. The Morgan fingerprint density at radius 2 is 1.93 bits per heavy atom. The number of aromatic nitrogens is 1. The lowest BCUT2D eigenvalue weighted by Crippen LogP contribution is -2.21. The van der Waals surface area contributed by atoms with Gasteiger partial charge in [0, 0.05) is 38.4 Å². The molecule has 0 fully saturated rings. The molecule has 3 rings (SSSR count). The highest BCUT2D eigenvalue weighted by atomic mass is 28.3. The third-order valence-electron chi connectivity index (χ3n) is 4.46. The van der Waals surface area contributed by atoms with Crippen LogP contribution in [0.2, 0.25) is 25.7 Å². The van der Waals surface area contributed by atoms with Gasteiger partial charge in [-0.2, -0.15) is 5.26 Å². The van der Waals surface area contributed by atoms with Crippen molar-refractivity contribution in [2.24, 2.45) is 0 Å². The number of ether oxygens (including phenoxy) is 2. The minimum absolute atomic E-state index is 0.0469. The zero-order chi connectivity index (χ0) is 21.2. The first-order valence-electron chi connectivity index (χ1n) is 9.15. The van der Waals surface area contributed by atoms with Crippen molar-refractivity contribution in [2.75, 3.05) is 6.61 Å². The molecular formula is C21H22F2N2O3Si. The smallest absolute Gasteiger partial charge is 0.199 e. The van der Waals surface area contributed by atoms with Gasteiger partial charge in [-0.05, 0) is 24.2 Å². The highest BCUT2D eigenvalue weighted by molar-refractivity contribution is 6.76. The van der Waals surface area contributed by atoms with E-state index in [0.717, 1.165) is 6.04 Å². The van der Waals surface area contributed by atoms with Crippen molar-refractivity contribution >= 4 is 19.0 Å². The number of nitriles is 1. The Hall–Kier alpha value is -2.89. The second-order valence-corrected chi connectivity index (χ2v) is 13.6. The molecule has 5 nitrogen and oxygen atoms in total. The number of hydrogen-bond acceptors (Lipinski definition) is 4. The Bertz CT molecular complexity index is 1080. The standard InChI is InChI=1S/C21H22F2N2O3Si/c1-29(2,3)9-8-27-13-25-7-6-16-18(25)11-17(22)21(20(16)23)28-15-4-5-19(26)14(10-15)12-24/h4-7,10-11,26H,8-9,13H2,1-3H3. The van der Waals surface area contributed by atoms with Crippen molar-refractivity contribution in [1.82, 2.24) is 4.57 Å². The Morgan fingerprint density at radius 1 is 1.17 bits per heavy atom. The number of aromatic hydroxyl groups is 1. The second-order valence-electron chi connectivity index (χ2n) is 7.96. The van der Waals surface area contributed by atoms with Gasteiger partial charge in [-0.15, -0.1) is 0 Å². The minimum atomic E-state index is -1.21. The van der Waals surface area contributed by atoms with E-state index in [0.29, 0.717) is 12.1 Å². The topological polar surface area (TPSA) is 67.4 Å². The van der Waals surface area contributed by atoms with Crippen molar-refractivity contribution < 1.29 is 23.4 Å². The van der Waals surface area contributed by atoms with E-state index in [4.69, 9.17) is 14.7 Å². The van der Waals surface area contributed by atoms with Gasteiger partial charge in [0.25, 0.3) is 0 Å². The molecule has 0 atom stereocenters. The number of phenolic OH excluding ortho intramolecular Hbond substituents is 1. The van der Waals surface area contributed by atoms with E-state index in [-0.39, 0.29) is 29.2 Å². The lowest BCUT2D eigenvalue weighted by atomic mass is 10.2. The van der Waals surface area contributed by atoms with Crippen LogP contribution in [0.3, 0.4) is 0 Å². The lowest BCUT2D eigenvalue weighted by Gasteiger charge is -2.16. The summed E-state index contributed by atoms with van der Waals surface area (Å²) in [6, 6.07) is 9.30. The summed E-state index contributed by atoms with van der Waals surface area (Å²) in [5.41, 5.74) is 0.315. The second kappa shape index (κ2) is 8.23. The number of hydrogen-bond donors (Lipinski definition) is 1. The van der Waals surface area contributed by atoms with E-state index in [1.54, 1.807) is 16.8 Å². The Labute approximate surface area is 168 Å². The summed E-state index contributed by atoms with van der Waals surface area (Å²) >= 11 is 0. The molecule has 0 aliphatic carbocycles. The van der Waals surface area contributed by atoms with Crippen LogP contribution in [0, 0.1) is 23.0 Å². The number of fused-ring (bicyclic) bond motifs is 1. The summed E-state index contributed by atoms with van der Waals surface area (Å²) in [4.78, 5) is 0. The van der Waals surface area contributed by atoms with Gasteiger partial charge < -0.3 is 19.1 Å². The third kappa shape index (κ3) is 4.75. The van der Waals surface area contributed by atoms with Gasteiger partial charge in [-0.3, -0.25) is 0 Å². The Balaban J connectivity index is 1.84. The number of halogens is 2. The molecule has 0 saturated carbocycles. The molecule has 0 radical (unpaired) electrons. The van der Waals surface area contributed by atoms with Crippen LogP contribution < -0.4 is 4.74 Å². The van der Waals surface area contributed by atoms with E-state index < -0.39 is 25.5 Å². The average molecular weight is 417 g/mol. The van der Waals surface area contributed by atoms with Crippen LogP contribution in [0.25, 0.3) is 10.9 Å². The summed E-state index contributed by atoms with van der Waals surface area (Å²) < 4.78 is 42.2. The number of phenols is 1. The van der Waals surface area contributed by atoms with Crippen molar-refractivity contribution in [1.29, 1.82) is 5.26 Å². The third-order valence-corrected chi connectivity index (χ3v) is 6.16. The highest BCUT2D eigenvalue weighted by Crippen LogP contribution is 2.35. The van der Waals surface area contributed by atoms with Crippen molar-refractivity contribution in [3.8, 4) is 23.3 Å². The van der Waals surface area contributed by atoms with Crippen LogP contribution in [0.1, 0.15) is 5.56 Å². The first-order chi connectivity index (χ1) is 13.7. The molecule has 0 bridgehead atoms. The highest BCUT2D eigenvalue weighted by Gasteiger charge is 2.19. The zero-order valence-electron chi connectivity index (χ0n) is 16.5. The zero-order valence-corrected chi connectivity index (χ0v) is 17.5. The molecule has 29 heavy (non-hydrogen) atoms. The van der Waals surface area contributed by atoms with Gasteiger partial charge in [-0.1, -0.05) is 19.6 Å². The molecule has 1 heterocycles. The molecule has 0 amide bonds. The van der Waals surface area contributed by atoms with Crippen LogP contribution in [-0.2, 0) is 11.5 Å². The van der Waals surface area contributed by atoms with Gasteiger partial charge in [-0.25, -0.2) is 8.78 Å². The van der Waals surface area contributed by atoms with E-state index in [2.05, 4.69) is 19.6 Å². The normalized spacial score (nSPS) is 11.6. The maximum Gasteiger partial charge on any atom is 0.199 e. The minimum Gasteiger partial charge on any atom is -0.507 e. The first-order valence-corrected chi connectivity index (χ1v) is 12.9. The van der Waals surface area contributed by atoms with Crippen LogP contribution in [0.15, 0.2) is 36.5 Å². The quantitative estimate of drug-likeness (QED) is 0.402. The average Bonchev–Trinajstić information content (AvgIpc) is 3.05. The van der Waals surface area contributed by atoms with E-state index in [9.17, 15) is 13.9 Å². The molecule has 2 aromatic carbocycles. The maximum atomic E-state index is 14.9. The molecule has 1 N–H and O–H groups in total. The van der Waals surface area contributed by atoms with Gasteiger partial charge >= 0.3 is 0 Å². The predicted octanol–water partition coefficient (Wildman–Crippen LogP) is 5.60. The summed E-state index contributed by atoms with van der Waals surface area (Å²) in [5, 5.41) is 18.7. The van der Waals surface area contributed by atoms with Crippen molar-refractivity contribution in [3.05, 3.63) is 53.7 Å². The van der Waals surface area contributed by atoms with Gasteiger partial charge in [0.15, 0.2) is 17.4 Å². The fraction of sp³-hybridized carbons (Fsp3) is 0.286. The fourth-order valence-electron chi connectivity index (χ4n) is 2.78. The molecule has 152 valence electrons. The monoisotopic (exact) mass is 416 g/mol. The fourth-order valence-corrected chi connectivity index (χ4v) is 3.53. The number of nitrogens with zero attached hydrogens (tertiary/aromatic N) is 2.